The maximum Gasteiger partial charge on any atom is 0.350 e. The molecule has 0 saturated carbocycles. The second-order valence-corrected chi connectivity index (χ2v) is 4.38. The minimum absolute atomic E-state index is 0.0854. The highest BCUT2D eigenvalue weighted by atomic mass is 16.6. The van der Waals surface area contributed by atoms with Gasteiger partial charge in [-0.3, -0.25) is 15.1 Å². The molecule has 0 unspecified atom stereocenters. The van der Waals surface area contributed by atoms with Gasteiger partial charge in [0, 0.05) is 18.5 Å². The van der Waals surface area contributed by atoms with E-state index in [9.17, 15) is 14.9 Å². The van der Waals surface area contributed by atoms with E-state index < -0.39 is 4.92 Å². The van der Waals surface area contributed by atoms with Crippen LogP contribution in [0.15, 0.2) is 47.7 Å². The van der Waals surface area contributed by atoms with E-state index in [0.29, 0.717) is 5.65 Å². The summed E-state index contributed by atoms with van der Waals surface area (Å²) in [4.78, 5) is 26.3. The summed E-state index contributed by atoms with van der Waals surface area (Å²) in [6.07, 6.45) is 4.48. The van der Waals surface area contributed by atoms with E-state index in [0.717, 1.165) is 0 Å². The van der Waals surface area contributed by atoms with E-state index in [1.807, 2.05) is 0 Å². The van der Waals surface area contributed by atoms with Gasteiger partial charge in [0.15, 0.2) is 11.4 Å². The van der Waals surface area contributed by atoms with Crippen LogP contribution >= 0.6 is 0 Å². The van der Waals surface area contributed by atoms with Crippen molar-refractivity contribution in [3.8, 4) is 5.75 Å². The number of aromatic nitrogens is 4. The second kappa shape index (κ2) is 5.64. The van der Waals surface area contributed by atoms with Crippen molar-refractivity contribution in [1.29, 1.82) is 0 Å². The van der Waals surface area contributed by atoms with Crippen molar-refractivity contribution >= 4 is 11.3 Å². The van der Waals surface area contributed by atoms with Crippen LogP contribution in [-0.2, 0) is 6.54 Å². The molecule has 0 aliphatic carbocycles. The molecule has 9 heteroatoms. The highest BCUT2D eigenvalue weighted by Crippen LogP contribution is 2.25. The standard InChI is InChI=1S/C13H11N5O4/c19-13-16-6-5-14-9-12(16)15-17(13)7-8-22-11-4-2-1-3-10(11)18(20)21/h1-6,9H,7-8H2. The number of hydrogen-bond donors (Lipinski definition) is 0. The molecular weight excluding hydrogens is 290 g/mol. The minimum Gasteiger partial charge on any atom is -0.485 e. The van der Waals surface area contributed by atoms with Gasteiger partial charge in [-0.05, 0) is 6.07 Å². The summed E-state index contributed by atoms with van der Waals surface area (Å²) in [7, 11) is 0. The summed E-state index contributed by atoms with van der Waals surface area (Å²) in [6.45, 7) is 0.259. The van der Waals surface area contributed by atoms with Crippen LogP contribution in [0.1, 0.15) is 0 Å². The number of benzene rings is 1. The highest BCUT2D eigenvalue weighted by Gasteiger charge is 2.14. The fourth-order valence-corrected chi connectivity index (χ4v) is 2.00. The average molecular weight is 301 g/mol. The van der Waals surface area contributed by atoms with Gasteiger partial charge in [0.2, 0.25) is 0 Å². The Morgan fingerprint density at radius 2 is 2.14 bits per heavy atom. The number of nitro benzene ring substituents is 1. The van der Waals surface area contributed by atoms with Gasteiger partial charge in [0.05, 0.1) is 17.7 Å². The van der Waals surface area contributed by atoms with Crippen LogP contribution in [0.3, 0.4) is 0 Å². The maximum atomic E-state index is 12.0. The van der Waals surface area contributed by atoms with Crippen LogP contribution in [0.5, 0.6) is 5.75 Å². The first kappa shape index (κ1) is 13.7. The number of nitrogens with zero attached hydrogens (tertiary/aromatic N) is 5. The molecule has 0 saturated heterocycles. The van der Waals surface area contributed by atoms with Gasteiger partial charge >= 0.3 is 11.4 Å². The van der Waals surface area contributed by atoms with Gasteiger partial charge in [-0.2, -0.15) is 0 Å². The smallest absolute Gasteiger partial charge is 0.350 e. The van der Waals surface area contributed by atoms with E-state index in [-0.39, 0.29) is 30.3 Å². The lowest BCUT2D eigenvalue weighted by atomic mass is 10.3. The molecule has 0 radical (unpaired) electrons. The SMILES string of the molecule is O=c1n(CCOc2ccccc2[N+](=O)[O-])nc2cnccn12. The Bertz CT molecular complexity index is 885. The van der Waals surface area contributed by atoms with Crippen molar-refractivity contribution in [3.05, 3.63) is 63.5 Å². The Balaban J connectivity index is 1.74. The number of para-hydroxylation sites is 2. The van der Waals surface area contributed by atoms with Gasteiger partial charge in [-0.15, -0.1) is 5.10 Å². The molecule has 0 bridgehead atoms. The van der Waals surface area contributed by atoms with E-state index in [4.69, 9.17) is 4.74 Å². The molecule has 0 atom stereocenters. The second-order valence-electron chi connectivity index (χ2n) is 4.38. The number of rotatable bonds is 5. The fraction of sp³-hybridized carbons (Fsp3) is 0.154. The van der Waals surface area contributed by atoms with E-state index >= 15 is 0 Å². The zero-order valence-corrected chi connectivity index (χ0v) is 11.3. The lowest BCUT2D eigenvalue weighted by Crippen LogP contribution is -2.24. The van der Waals surface area contributed by atoms with E-state index in [1.165, 1.54) is 39.8 Å². The Morgan fingerprint density at radius 1 is 1.32 bits per heavy atom. The molecule has 0 aliphatic heterocycles. The molecular formula is C13H11N5O4. The Labute approximate surface area is 123 Å². The van der Waals surface area contributed by atoms with Crippen molar-refractivity contribution in [3.63, 3.8) is 0 Å². The lowest BCUT2D eigenvalue weighted by molar-refractivity contribution is -0.385. The minimum atomic E-state index is -0.516. The quantitative estimate of drug-likeness (QED) is 0.511. The molecule has 112 valence electrons. The van der Waals surface area contributed by atoms with Crippen molar-refractivity contribution in [2.24, 2.45) is 0 Å². The normalized spacial score (nSPS) is 10.7. The first-order valence-corrected chi connectivity index (χ1v) is 6.42. The van der Waals surface area contributed by atoms with Gasteiger partial charge in [-0.25, -0.2) is 13.9 Å². The Morgan fingerprint density at radius 3 is 2.91 bits per heavy atom. The third kappa shape index (κ3) is 2.51. The topological polar surface area (TPSA) is 105 Å². The molecule has 0 amide bonds. The van der Waals surface area contributed by atoms with Crippen molar-refractivity contribution < 1.29 is 9.66 Å². The molecule has 22 heavy (non-hydrogen) atoms. The van der Waals surface area contributed by atoms with E-state index in [1.54, 1.807) is 12.1 Å². The molecule has 3 rings (SSSR count). The molecule has 1 aromatic carbocycles. The molecule has 0 aliphatic rings. The van der Waals surface area contributed by atoms with Gasteiger partial charge in [-0.1, -0.05) is 12.1 Å². The predicted molar refractivity (Wildman–Crippen MR) is 75.8 cm³/mol. The summed E-state index contributed by atoms with van der Waals surface area (Å²) in [5.74, 6) is 0.158. The Kier molecular flexibility index (Phi) is 3.52. The number of fused-ring (bicyclic) bond motifs is 1. The summed E-state index contributed by atoms with van der Waals surface area (Å²) < 4.78 is 7.97. The molecule has 0 N–H and O–H groups in total. The molecule has 3 aromatic rings. The Hall–Kier alpha value is -3.23. The fourth-order valence-electron chi connectivity index (χ4n) is 2.00. The van der Waals surface area contributed by atoms with Gasteiger partial charge in [0.25, 0.3) is 0 Å². The van der Waals surface area contributed by atoms with Crippen molar-refractivity contribution in [1.82, 2.24) is 19.2 Å². The summed E-state index contributed by atoms with van der Waals surface area (Å²) in [6, 6.07) is 6.07. The van der Waals surface area contributed by atoms with Crippen LogP contribution in [0.4, 0.5) is 5.69 Å². The van der Waals surface area contributed by atoms with Gasteiger partial charge in [0.1, 0.15) is 6.61 Å². The highest BCUT2D eigenvalue weighted by molar-refractivity contribution is 5.45. The average Bonchev–Trinajstić information content (AvgIpc) is 2.85. The number of ether oxygens (including phenoxy) is 1. The van der Waals surface area contributed by atoms with Crippen LogP contribution in [0.25, 0.3) is 5.65 Å². The van der Waals surface area contributed by atoms with Crippen LogP contribution in [0, 0.1) is 10.1 Å². The third-order valence-corrected chi connectivity index (χ3v) is 3.01. The van der Waals surface area contributed by atoms with Crippen LogP contribution in [-0.4, -0.2) is 30.7 Å². The number of nitro groups is 1. The maximum absolute atomic E-state index is 12.0. The molecule has 2 aromatic heterocycles. The van der Waals surface area contributed by atoms with Crippen LogP contribution < -0.4 is 10.4 Å². The van der Waals surface area contributed by atoms with E-state index in [2.05, 4.69) is 10.1 Å². The lowest BCUT2D eigenvalue weighted by Gasteiger charge is -2.05. The zero-order chi connectivity index (χ0) is 15.5. The van der Waals surface area contributed by atoms with Crippen LogP contribution in [0.2, 0.25) is 0 Å². The number of hydrogen-bond acceptors (Lipinski definition) is 6. The van der Waals surface area contributed by atoms with Crippen molar-refractivity contribution in [2.75, 3.05) is 6.61 Å². The first-order chi connectivity index (χ1) is 10.7. The monoisotopic (exact) mass is 301 g/mol. The molecule has 0 fully saturated rings. The zero-order valence-electron chi connectivity index (χ0n) is 11.3. The molecule has 0 spiro atoms. The predicted octanol–water partition coefficient (Wildman–Crippen LogP) is 0.878. The summed E-state index contributed by atoms with van der Waals surface area (Å²) in [5, 5.41) is 15.0. The first-order valence-electron chi connectivity index (χ1n) is 6.42. The summed E-state index contributed by atoms with van der Waals surface area (Å²) >= 11 is 0. The third-order valence-electron chi connectivity index (χ3n) is 3.01. The van der Waals surface area contributed by atoms with Crippen molar-refractivity contribution in [2.45, 2.75) is 6.54 Å². The summed E-state index contributed by atoms with van der Waals surface area (Å²) in [5.41, 5.74) is -0.00389. The largest absolute Gasteiger partial charge is 0.485 e. The molecule has 9 nitrogen and oxygen atoms in total. The molecule has 2 heterocycles. The van der Waals surface area contributed by atoms with Gasteiger partial charge < -0.3 is 4.74 Å².